The summed E-state index contributed by atoms with van der Waals surface area (Å²) in [6.45, 7) is 17.0. The first-order valence-electron chi connectivity index (χ1n) is 7.59. The molecule has 1 aliphatic heterocycles. The quantitative estimate of drug-likeness (QED) is 0.839. The summed E-state index contributed by atoms with van der Waals surface area (Å²) in [4.78, 5) is 13.1. The molecule has 3 heteroatoms. The van der Waals surface area contributed by atoms with E-state index in [0.29, 0.717) is 12.3 Å². The second kappa shape index (κ2) is 14.5. The van der Waals surface area contributed by atoms with Crippen LogP contribution in [0.4, 0.5) is 0 Å². The lowest BCUT2D eigenvalue weighted by Crippen LogP contribution is -2.26. The van der Waals surface area contributed by atoms with E-state index < -0.39 is 0 Å². The summed E-state index contributed by atoms with van der Waals surface area (Å²) in [6.07, 6.45) is 3.44. The van der Waals surface area contributed by atoms with E-state index in [1.54, 1.807) is 0 Å². The van der Waals surface area contributed by atoms with E-state index in [1.165, 1.54) is 32.5 Å². The summed E-state index contributed by atoms with van der Waals surface area (Å²) < 4.78 is 0. The molecule has 1 aliphatic rings. The lowest BCUT2D eigenvalue weighted by molar-refractivity contribution is -0.120. The molecule has 0 aromatic heterocycles. The van der Waals surface area contributed by atoms with Gasteiger partial charge in [0.15, 0.2) is 0 Å². The summed E-state index contributed by atoms with van der Waals surface area (Å²) in [7, 11) is 0. The van der Waals surface area contributed by atoms with Gasteiger partial charge in [0.05, 0.1) is 0 Å². The Kier molecular flexibility index (Phi) is 15.9. The largest absolute Gasteiger partial charge is 0.356 e. The van der Waals surface area contributed by atoms with Crippen LogP contribution in [-0.4, -0.2) is 37.0 Å². The summed E-state index contributed by atoms with van der Waals surface area (Å²) in [6, 6.07) is 0. The minimum absolute atomic E-state index is 0.142. The molecule has 0 atom stereocenters. The summed E-state index contributed by atoms with van der Waals surface area (Å²) in [5, 5.41) is 2.79. The standard InChI is InChI=1S/C7H15NO.C6H13N.C2H6/c1-4-7(9)8-5-6(2)3;1-2-7-5-3-4-6-7;1-2/h6H,4-5H2,1-3H3,(H,8,9);2-6H2,1H3;1-2H3. The van der Waals surface area contributed by atoms with Crippen LogP contribution in [0.25, 0.3) is 0 Å². The topological polar surface area (TPSA) is 32.3 Å². The van der Waals surface area contributed by atoms with Crippen LogP contribution in [0, 0.1) is 5.92 Å². The van der Waals surface area contributed by atoms with Gasteiger partial charge < -0.3 is 10.2 Å². The zero-order valence-electron chi connectivity index (χ0n) is 13.4. The van der Waals surface area contributed by atoms with Crippen LogP contribution in [0.1, 0.15) is 60.8 Å². The predicted octanol–water partition coefficient (Wildman–Crippen LogP) is 3.30. The molecule has 1 N–H and O–H groups in total. The van der Waals surface area contributed by atoms with Gasteiger partial charge in [0.2, 0.25) is 5.91 Å². The number of rotatable bonds is 4. The maximum absolute atomic E-state index is 10.6. The highest BCUT2D eigenvalue weighted by Gasteiger charge is 2.06. The number of carbonyl (C=O) groups excluding carboxylic acids is 1. The van der Waals surface area contributed by atoms with E-state index in [9.17, 15) is 4.79 Å². The van der Waals surface area contributed by atoms with E-state index in [1.807, 2.05) is 20.8 Å². The van der Waals surface area contributed by atoms with Gasteiger partial charge in [-0.1, -0.05) is 41.5 Å². The third kappa shape index (κ3) is 13.5. The Morgan fingerprint density at radius 1 is 1.17 bits per heavy atom. The van der Waals surface area contributed by atoms with Crippen molar-refractivity contribution in [1.29, 1.82) is 0 Å². The highest BCUT2D eigenvalue weighted by atomic mass is 16.1. The van der Waals surface area contributed by atoms with Gasteiger partial charge in [0.1, 0.15) is 0 Å². The number of likely N-dealkylation sites (tertiary alicyclic amines) is 1. The smallest absolute Gasteiger partial charge is 0.219 e. The fourth-order valence-electron chi connectivity index (χ4n) is 1.54. The zero-order chi connectivity index (χ0) is 14.4. The van der Waals surface area contributed by atoms with Gasteiger partial charge in [-0.2, -0.15) is 0 Å². The molecule has 0 aliphatic carbocycles. The number of amides is 1. The molecule has 3 nitrogen and oxygen atoms in total. The van der Waals surface area contributed by atoms with Gasteiger partial charge >= 0.3 is 0 Å². The fraction of sp³-hybridized carbons (Fsp3) is 0.933. The molecule has 1 rings (SSSR count). The molecule has 1 saturated heterocycles. The van der Waals surface area contributed by atoms with Crippen LogP contribution < -0.4 is 5.32 Å². The first kappa shape index (κ1) is 19.8. The fourth-order valence-corrected chi connectivity index (χ4v) is 1.54. The molecule has 0 bridgehead atoms. The second-order valence-corrected chi connectivity index (χ2v) is 4.69. The van der Waals surface area contributed by atoms with Crippen molar-refractivity contribution in [3.63, 3.8) is 0 Å². The Bertz CT molecular complexity index is 175. The molecular weight excluding hydrogens is 224 g/mol. The van der Waals surface area contributed by atoms with Crippen molar-refractivity contribution in [2.45, 2.75) is 60.8 Å². The van der Waals surface area contributed by atoms with Crippen LogP contribution >= 0.6 is 0 Å². The van der Waals surface area contributed by atoms with Crippen molar-refractivity contribution in [3.8, 4) is 0 Å². The summed E-state index contributed by atoms with van der Waals surface area (Å²) in [5.74, 6) is 0.698. The first-order chi connectivity index (χ1) is 8.60. The average Bonchev–Trinajstić information content (AvgIpc) is 2.92. The molecule has 0 spiro atoms. The van der Waals surface area contributed by atoms with Crippen molar-refractivity contribution in [2.75, 3.05) is 26.2 Å². The lowest BCUT2D eigenvalue weighted by atomic mass is 10.2. The van der Waals surface area contributed by atoms with Crippen LogP contribution in [0.3, 0.4) is 0 Å². The van der Waals surface area contributed by atoms with Crippen LogP contribution in [0.15, 0.2) is 0 Å². The van der Waals surface area contributed by atoms with Gasteiger partial charge in [-0.15, -0.1) is 0 Å². The Morgan fingerprint density at radius 2 is 1.67 bits per heavy atom. The number of nitrogens with zero attached hydrogens (tertiary/aromatic N) is 1. The van der Waals surface area contributed by atoms with Gasteiger partial charge in [0, 0.05) is 13.0 Å². The number of hydrogen-bond acceptors (Lipinski definition) is 2. The minimum atomic E-state index is 0.142. The van der Waals surface area contributed by atoms with E-state index in [0.717, 1.165) is 6.54 Å². The van der Waals surface area contributed by atoms with Gasteiger partial charge in [-0.3, -0.25) is 4.79 Å². The van der Waals surface area contributed by atoms with E-state index in [2.05, 4.69) is 31.0 Å². The molecule has 0 radical (unpaired) electrons. The number of nitrogens with one attached hydrogen (secondary N) is 1. The van der Waals surface area contributed by atoms with Crippen LogP contribution in [0.5, 0.6) is 0 Å². The summed E-state index contributed by atoms with van der Waals surface area (Å²) >= 11 is 0. The molecular formula is C15H34N2O. The third-order valence-corrected chi connectivity index (χ3v) is 2.67. The Morgan fingerprint density at radius 3 is 1.94 bits per heavy atom. The lowest BCUT2D eigenvalue weighted by Gasteiger charge is -2.08. The Labute approximate surface area is 114 Å². The zero-order valence-corrected chi connectivity index (χ0v) is 13.4. The van der Waals surface area contributed by atoms with Gasteiger partial charge in [-0.25, -0.2) is 0 Å². The van der Waals surface area contributed by atoms with Crippen molar-refractivity contribution >= 4 is 5.91 Å². The van der Waals surface area contributed by atoms with Gasteiger partial charge in [-0.05, 0) is 38.4 Å². The van der Waals surface area contributed by atoms with Crippen molar-refractivity contribution in [1.82, 2.24) is 10.2 Å². The minimum Gasteiger partial charge on any atom is -0.356 e. The molecule has 1 heterocycles. The predicted molar refractivity (Wildman–Crippen MR) is 80.8 cm³/mol. The van der Waals surface area contributed by atoms with E-state index in [-0.39, 0.29) is 5.91 Å². The van der Waals surface area contributed by atoms with Crippen molar-refractivity contribution < 1.29 is 4.79 Å². The average molecular weight is 258 g/mol. The first-order valence-corrected chi connectivity index (χ1v) is 7.59. The molecule has 0 saturated carbocycles. The maximum Gasteiger partial charge on any atom is 0.219 e. The number of carbonyl (C=O) groups is 1. The second-order valence-electron chi connectivity index (χ2n) is 4.69. The van der Waals surface area contributed by atoms with Crippen LogP contribution in [-0.2, 0) is 4.79 Å². The third-order valence-electron chi connectivity index (χ3n) is 2.67. The SMILES string of the molecule is CC.CCC(=O)NCC(C)C.CCN1CCCC1. The summed E-state index contributed by atoms with van der Waals surface area (Å²) in [5.41, 5.74) is 0. The molecule has 18 heavy (non-hydrogen) atoms. The molecule has 0 unspecified atom stereocenters. The highest BCUT2D eigenvalue weighted by Crippen LogP contribution is 2.04. The van der Waals surface area contributed by atoms with Crippen molar-refractivity contribution in [3.05, 3.63) is 0 Å². The highest BCUT2D eigenvalue weighted by molar-refractivity contribution is 5.75. The van der Waals surface area contributed by atoms with E-state index >= 15 is 0 Å². The van der Waals surface area contributed by atoms with Crippen LogP contribution in [0.2, 0.25) is 0 Å². The monoisotopic (exact) mass is 258 g/mol. The Hall–Kier alpha value is -0.570. The molecule has 1 fully saturated rings. The van der Waals surface area contributed by atoms with Crippen molar-refractivity contribution in [2.24, 2.45) is 5.92 Å². The maximum atomic E-state index is 10.6. The molecule has 0 aromatic carbocycles. The van der Waals surface area contributed by atoms with Gasteiger partial charge in [0.25, 0.3) is 0 Å². The number of hydrogen-bond donors (Lipinski definition) is 1. The molecule has 1 amide bonds. The Balaban J connectivity index is 0. The normalized spacial score (nSPS) is 14.4. The molecule has 110 valence electrons. The van der Waals surface area contributed by atoms with E-state index in [4.69, 9.17) is 0 Å². The molecule has 0 aromatic rings.